The average molecular weight is 262 g/mol. The Balaban J connectivity index is 2.00. The molecule has 0 aromatic heterocycles. The average Bonchev–Trinajstić information content (AvgIpc) is 2.84. The number of anilines is 1. The van der Waals surface area contributed by atoms with Crippen LogP contribution in [0.1, 0.15) is 32.3 Å². The number of ether oxygens (including phenoxy) is 1. The Morgan fingerprint density at radius 2 is 2.16 bits per heavy atom. The molecule has 19 heavy (non-hydrogen) atoms. The highest BCUT2D eigenvalue weighted by Crippen LogP contribution is 2.22. The first kappa shape index (κ1) is 14.0. The summed E-state index contributed by atoms with van der Waals surface area (Å²) in [6.07, 6.45) is 1.65. The van der Waals surface area contributed by atoms with Crippen molar-refractivity contribution >= 4 is 11.6 Å². The van der Waals surface area contributed by atoms with Crippen molar-refractivity contribution in [2.24, 2.45) is 0 Å². The first-order valence-electron chi connectivity index (χ1n) is 6.95. The van der Waals surface area contributed by atoms with Gasteiger partial charge in [-0.2, -0.15) is 0 Å². The van der Waals surface area contributed by atoms with Crippen molar-refractivity contribution in [2.45, 2.75) is 45.4 Å². The fourth-order valence-corrected chi connectivity index (χ4v) is 2.26. The standard InChI is InChI=1S/C15H22N2O2/c1-3-16-10-12-6-4-5-7-13(12)17-15(18)14-9-8-11(2)19-14/h4-7,11,14,16H,3,8-10H2,1-2H3,(H,17,18). The van der Waals surface area contributed by atoms with Gasteiger partial charge in [-0.05, 0) is 37.9 Å². The summed E-state index contributed by atoms with van der Waals surface area (Å²) in [5.41, 5.74) is 1.97. The van der Waals surface area contributed by atoms with Gasteiger partial charge in [-0.3, -0.25) is 4.79 Å². The van der Waals surface area contributed by atoms with Gasteiger partial charge in [0, 0.05) is 12.2 Å². The predicted molar refractivity (Wildman–Crippen MR) is 76.0 cm³/mol. The highest BCUT2D eigenvalue weighted by Gasteiger charge is 2.28. The van der Waals surface area contributed by atoms with E-state index in [2.05, 4.69) is 17.6 Å². The summed E-state index contributed by atoms with van der Waals surface area (Å²) < 4.78 is 5.59. The van der Waals surface area contributed by atoms with Gasteiger partial charge in [0.2, 0.25) is 0 Å². The molecule has 1 saturated heterocycles. The smallest absolute Gasteiger partial charge is 0.253 e. The van der Waals surface area contributed by atoms with E-state index in [0.29, 0.717) is 0 Å². The van der Waals surface area contributed by atoms with Crippen LogP contribution in [-0.4, -0.2) is 24.7 Å². The van der Waals surface area contributed by atoms with Crippen molar-refractivity contribution in [3.05, 3.63) is 29.8 Å². The molecule has 1 aliphatic heterocycles. The van der Waals surface area contributed by atoms with E-state index >= 15 is 0 Å². The summed E-state index contributed by atoms with van der Waals surface area (Å²) in [6, 6.07) is 7.87. The van der Waals surface area contributed by atoms with E-state index in [1.807, 2.05) is 31.2 Å². The van der Waals surface area contributed by atoms with Crippen LogP contribution >= 0.6 is 0 Å². The molecule has 0 aliphatic carbocycles. The number of carbonyl (C=O) groups is 1. The lowest BCUT2D eigenvalue weighted by Crippen LogP contribution is -2.28. The highest BCUT2D eigenvalue weighted by molar-refractivity contribution is 5.95. The molecular formula is C15H22N2O2. The number of benzene rings is 1. The van der Waals surface area contributed by atoms with Crippen LogP contribution in [0.2, 0.25) is 0 Å². The second kappa shape index (κ2) is 6.68. The van der Waals surface area contributed by atoms with Crippen molar-refractivity contribution in [2.75, 3.05) is 11.9 Å². The fourth-order valence-electron chi connectivity index (χ4n) is 2.26. The first-order valence-corrected chi connectivity index (χ1v) is 6.95. The van der Waals surface area contributed by atoms with Gasteiger partial charge in [0.25, 0.3) is 5.91 Å². The van der Waals surface area contributed by atoms with Gasteiger partial charge in [0.15, 0.2) is 0 Å². The maximum Gasteiger partial charge on any atom is 0.253 e. The summed E-state index contributed by atoms with van der Waals surface area (Å²) in [5, 5.41) is 6.25. The number of rotatable bonds is 5. The highest BCUT2D eigenvalue weighted by atomic mass is 16.5. The molecule has 104 valence electrons. The molecule has 1 amide bonds. The summed E-state index contributed by atoms with van der Waals surface area (Å²) in [6.45, 7) is 5.74. The van der Waals surface area contributed by atoms with Gasteiger partial charge in [0.1, 0.15) is 6.10 Å². The third-order valence-corrected chi connectivity index (χ3v) is 3.37. The van der Waals surface area contributed by atoms with Crippen LogP contribution in [0.15, 0.2) is 24.3 Å². The van der Waals surface area contributed by atoms with Crippen molar-refractivity contribution in [1.29, 1.82) is 0 Å². The van der Waals surface area contributed by atoms with Crippen molar-refractivity contribution in [3.8, 4) is 0 Å². The molecule has 0 spiro atoms. The molecule has 1 aromatic carbocycles. The van der Waals surface area contributed by atoms with Crippen LogP contribution in [-0.2, 0) is 16.1 Å². The molecule has 4 nitrogen and oxygen atoms in total. The third-order valence-electron chi connectivity index (χ3n) is 3.37. The van der Waals surface area contributed by atoms with Crippen LogP contribution in [0.5, 0.6) is 0 Å². The summed E-state index contributed by atoms with van der Waals surface area (Å²) in [4.78, 5) is 12.1. The van der Waals surface area contributed by atoms with Gasteiger partial charge in [-0.25, -0.2) is 0 Å². The largest absolute Gasteiger partial charge is 0.365 e. The zero-order valence-corrected chi connectivity index (χ0v) is 11.6. The minimum absolute atomic E-state index is 0.0340. The van der Waals surface area contributed by atoms with E-state index < -0.39 is 0 Å². The Hall–Kier alpha value is -1.39. The molecule has 0 radical (unpaired) electrons. The lowest BCUT2D eigenvalue weighted by atomic mass is 10.1. The van der Waals surface area contributed by atoms with Crippen molar-refractivity contribution in [3.63, 3.8) is 0 Å². The Labute approximate surface area is 114 Å². The summed E-state index contributed by atoms with van der Waals surface area (Å²) in [7, 11) is 0. The number of para-hydroxylation sites is 1. The van der Waals surface area contributed by atoms with Crippen LogP contribution in [0.3, 0.4) is 0 Å². The van der Waals surface area contributed by atoms with Gasteiger partial charge >= 0.3 is 0 Å². The second-order valence-corrected chi connectivity index (χ2v) is 4.94. The van der Waals surface area contributed by atoms with Gasteiger partial charge in [-0.1, -0.05) is 25.1 Å². The molecule has 1 aromatic rings. The zero-order valence-electron chi connectivity index (χ0n) is 11.6. The van der Waals surface area contributed by atoms with Crippen LogP contribution in [0, 0.1) is 0 Å². The normalized spacial score (nSPS) is 22.4. The maximum absolute atomic E-state index is 12.1. The molecule has 2 rings (SSSR count). The Morgan fingerprint density at radius 1 is 1.37 bits per heavy atom. The minimum Gasteiger partial charge on any atom is -0.365 e. The van der Waals surface area contributed by atoms with E-state index in [0.717, 1.165) is 37.2 Å². The number of hydrogen-bond donors (Lipinski definition) is 2. The number of amides is 1. The molecule has 1 heterocycles. The Morgan fingerprint density at radius 3 is 2.84 bits per heavy atom. The monoisotopic (exact) mass is 262 g/mol. The minimum atomic E-state index is -0.304. The van der Waals surface area contributed by atoms with Gasteiger partial charge < -0.3 is 15.4 Å². The number of carbonyl (C=O) groups excluding carboxylic acids is 1. The second-order valence-electron chi connectivity index (χ2n) is 4.94. The molecule has 2 unspecified atom stereocenters. The van der Waals surface area contributed by atoms with Crippen molar-refractivity contribution in [1.82, 2.24) is 5.32 Å². The topological polar surface area (TPSA) is 50.4 Å². The molecule has 4 heteroatoms. The molecule has 0 bridgehead atoms. The Bertz CT molecular complexity index is 434. The van der Waals surface area contributed by atoms with E-state index in [9.17, 15) is 4.79 Å². The van der Waals surface area contributed by atoms with E-state index in [4.69, 9.17) is 4.74 Å². The quantitative estimate of drug-likeness (QED) is 0.856. The van der Waals surface area contributed by atoms with Crippen molar-refractivity contribution < 1.29 is 9.53 Å². The maximum atomic E-state index is 12.1. The van der Waals surface area contributed by atoms with Crippen LogP contribution in [0.4, 0.5) is 5.69 Å². The van der Waals surface area contributed by atoms with Gasteiger partial charge in [0.05, 0.1) is 6.10 Å². The van der Waals surface area contributed by atoms with Crippen LogP contribution < -0.4 is 10.6 Å². The molecular weight excluding hydrogens is 240 g/mol. The Kier molecular flexibility index (Phi) is 4.93. The zero-order chi connectivity index (χ0) is 13.7. The number of nitrogens with one attached hydrogen (secondary N) is 2. The van der Waals surface area contributed by atoms with Crippen LogP contribution in [0.25, 0.3) is 0 Å². The van der Waals surface area contributed by atoms with Gasteiger partial charge in [-0.15, -0.1) is 0 Å². The SMILES string of the molecule is CCNCc1ccccc1NC(=O)C1CCC(C)O1. The molecule has 1 fully saturated rings. The first-order chi connectivity index (χ1) is 9.20. The predicted octanol–water partition coefficient (Wildman–Crippen LogP) is 2.30. The number of hydrogen-bond acceptors (Lipinski definition) is 3. The van der Waals surface area contributed by atoms with E-state index in [1.54, 1.807) is 0 Å². The lowest BCUT2D eigenvalue weighted by Gasteiger charge is -2.14. The third kappa shape index (κ3) is 3.78. The molecule has 0 saturated carbocycles. The summed E-state index contributed by atoms with van der Waals surface area (Å²) >= 11 is 0. The molecule has 2 N–H and O–H groups in total. The molecule has 1 aliphatic rings. The molecule has 2 atom stereocenters. The lowest BCUT2D eigenvalue weighted by molar-refractivity contribution is -0.126. The fraction of sp³-hybridized carbons (Fsp3) is 0.533. The summed E-state index contributed by atoms with van der Waals surface area (Å²) in [5.74, 6) is -0.0340. The van der Waals surface area contributed by atoms with E-state index in [-0.39, 0.29) is 18.1 Å². The van der Waals surface area contributed by atoms with E-state index in [1.165, 1.54) is 0 Å².